The molecule has 2 aromatic carbocycles. The molecule has 0 amide bonds. The summed E-state index contributed by atoms with van der Waals surface area (Å²) in [6.07, 6.45) is 0.985. The molecular formula is C26H28N6O5S. The summed E-state index contributed by atoms with van der Waals surface area (Å²) >= 11 is 0. The van der Waals surface area contributed by atoms with Gasteiger partial charge in [0.1, 0.15) is 5.82 Å². The maximum absolute atomic E-state index is 13.2. The number of nitrogens with one attached hydrogen (secondary N) is 1. The minimum atomic E-state index is -3.73. The molecule has 1 aliphatic heterocycles. The number of carbonyl (C=O) groups excluding carboxylic acids is 1. The molecule has 2 aromatic heterocycles. The molecule has 4 aromatic rings. The number of aromatic amines is 1. The number of esters is 1. The number of H-pyrrole nitrogens is 1. The molecule has 1 fully saturated rings. The number of hydrogen-bond acceptors (Lipinski definition) is 8. The van der Waals surface area contributed by atoms with E-state index in [9.17, 15) is 18.0 Å². The van der Waals surface area contributed by atoms with Crippen molar-refractivity contribution in [2.45, 2.75) is 44.0 Å². The molecule has 38 heavy (non-hydrogen) atoms. The van der Waals surface area contributed by atoms with Crippen LogP contribution < -0.4 is 5.56 Å². The molecule has 11 nitrogen and oxygen atoms in total. The second kappa shape index (κ2) is 10.1. The van der Waals surface area contributed by atoms with Crippen molar-refractivity contribution in [3.63, 3.8) is 0 Å². The lowest BCUT2D eigenvalue weighted by Gasteiger charge is -2.30. The zero-order chi connectivity index (χ0) is 27.0. The van der Waals surface area contributed by atoms with E-state index in [0.29, 0.717) is 30.9 Å². The van der Waals surface area contributed by atoms with Crippen LogP contribution in [0.2, 0.25) is 0 Å². The van der Waals surface area contributed by atoms with Gasteiger partial charge in [-0.25, -0.2) is 22.9 Å². The fourth-order valence-corrected chi connectivity index (χ4v) is 6.18. The fraction of sp³-hybridized carbons (Fsp3) is 0.346. The van der Waals surface area contributed by atoms with Crippen molar-refractivity contribution >= 4 is 27.2 Å². The Morgan fingerprint density at radius 2 is 1.82 bits per heavy atom. The highest BCUT2D eigenvalue weighted by atomic mass is 32.2. The van der Waals surface area contributed by atoms with Gasteiger partial charge in [0.2, 0.25) is 10.0 Å². The summed E-state index contributed by atoms with van der Waals surface area (Å²) in [5, 5.41) is 8.22. The summed E-state index contributed by atoms with van der Waals surface area (Å²) in [5.74, 6) is -0.144. The van der Waals surface area contributed by atoms with Crippen molar-refractivity contribution in [3.8, 4) is 0 Å². The lowest BCUT2D eigenvalue weighted by molar-refractivity contribution is 0.0600. The average Bonchev–Trinajstić information content (AvgIpc) is 3.33. The van der Waals surface area contributed by atoms with E-state index in [0.717, 1.165) is 16.7 Å². The quantitative estimate of drug-likeness (QED) is 0.371. The number of fused-ring (bicyclic) bond motifs is 1. The van der Waals surface area contributed by atoms with Crippen molar-refractivity contribution in [2.75, 3.05) is 20.2 Å². The normalized spacial score (nSPS) is 15.1. The van der Waals surface area contributed by atoms with E-state index in [-0.39, 0.29) is 40.5 Å². The number of carbonyl (C=O) groups is 1. The third kappa shape index (κ3) is 4.84. The first-order valence-electron chi connectivity index (χ1n) is 12.3. The lowest BCUT2D eigenvalue weighted by atomic mass is 9.97. The largest absolute Gasteiger partial charge is 0.465 e. The minimum absolute atomic E-state index is 0.109. The molecule has 0 unspecified atom stereocenters. The molecule has 0 radical (unpaired) electrons. The van der Waals surface area contributed by atoms with Gasteiger partial charge < -0.3 is 9.72 Å². The summed E-state index contributed by atoms with van der Waals surface area (Å²) in [7, 11) is -2.46. The van der Waals surface area contributed by atoms with E-state index < -0.39 is 16.0 Å². The third-order valence-electron chi connectivity index (χ3n) is 6.97. The summed E-state index contributed by atoms with van der Waals surface area (Å²) < 4.78 is 34.0. The molecule has 5 rings (SSSR count). The Balaban J connectivity index is 1.34. The number of sulfonamides is 1. The Hall–Kier alpha value is -3.90. The second-order valence-corrected chi connectivity index (χ2v) is 11.4. The second-order valence-electron chi connectivity index (χ2n) is 9.49. The number of piperidine rings is 1. The first kappa shape index (κ1) is 25.7. The van der Waals surface area contributed by atoms with Gasteiger partial charge in [0.15, 0.2) is 11.2 Å². The van der Waals surface area contributed by atoms with Crippen LogP contribution in [0.1, 0.15) is 51.6 Å². The highest BCUT2D eigenvalue weighted by molar-refractivity contribution is 7.89. The van der Waals surface area contributed by atoms with E-state index in [1.165, 1.54) is 35.7 Å². The number of benzene rings is 2. The monoisotopic (exact) mass is 536 g/mol. The van der Waals surface area contributed by atoms with E-state index in [4.69, 9.17) is 4.98 Å². The molecule has 0 bridgehead atoms. The van der Waals surface area contributed by atoms with Crippen LogP contribution in [0, 0.1) is 13.8 Å². The Morgan fingerprint density at radius 1 is 1.11 bits per heavy atom. The lowest BCUT2D eigenvalue weighted by Crippen LogP contribution is -2.38. The molecule has 0 atom stereocenters. The maximum Gasteiger partial charge on any atom is 0.337 e. The number of nitrogens with zero attached hydrogens (tertiary/aromatic N) is 5. The summed E-state index contributed by atoms with van der Waals surface area (Å²) in [6.45, 7) is 5.02. The van der Waals surface area contributed by atoms with Crippen LogP contribution in [0.3, 0.4) is 0 Å². The van der Waals surface area contributed by atoms with Gasteiger partial charge in [-0.05, 0) is 62.1 Å². The Labute approximate surface area is 219 Å². The zero-order valence-corrected chi connectivity index (χ0v) is 22.2. The molecule has 12 heteroatoms. The highest BCUT2D eigenvalue weighted by Gasteiger charge is 2.31. The predicted molar refractivity (Wildman–Crippen MR) is 139 cm³/mol. The first-order chi connectivity index (χ1) is 18.2. The first-order valence-corrected chi connectivity index (χ1v) is 13.7. The van der Waals surface area contributed by atoms with Gasteiger partial charge in [0, 0.05) is 19.0 Å². The van der Waals surface area contributed by atoms with Gasteiger partial charge in [-0.3, -0.25) is 4.79 Å². The fourth-order valence-electron chi connectivity index (χ4n) is 4.71. The summed E-state index contributed by atoms with van der Waals surface area (Å²) in [6, 6.07) is 11.9. The van der Waals surface area contributed by atoms with E-state index >= 15 is 0 Å². The number of rotatable bonds is 6. The molecule has 3 heterocycles. The van der Waals surface area contributed by atoms with Crippen molar-refractivity contribution in [1.82, 2.24) is 29.3 Å². The number of methoxy groups -OCH3 is 1. The van der Waals surface area contributed by atoms with Crippen LogP contribution in [0.15, 0.2) is 52.2 Å². The molecule has 0 aliphatic carbocycles. The van der Waals surface area contributed by atoms with E-state index in [2.05, 4.69) is 26.1 Å². The van der Waals surface area contributed by atoms with E-state index in [1.807, 2.05) is 26.0 Å². The number of hydrogen-bond donors (Lipinski definition) is 1. The van der Waals surface area contributed by atoms with Crippen molar-refractivity contribution in [2.24, 2.45) is 0 Å². The van der Waals surface area contributed by atoms with Crippen molar-refractivity contribution < 1.29 is 17.9 Å². The van der Waals surface area contributed by atoms with E-state index in [1.54, 1.807) is 4.68 Å². The highest BCUT2D eigenvalue weighted by Crippen LogP contribution is 2.29. The summed E-state index contributed by atoms with van der Waals surface area (Å²) in [5.41, 5.74) is 3.80. The Morgan fingerprint density at radius 3 is 2.50 bits per heavy atom. The van der Waals surface area contributed by atoms with Gasteiger partial charge in [0.25, 0.3) is 5.56 Å². The molecule has 1 aliphatic rings. The Bertz CT molecular complexity index is 1670. The number of aromatic nitrogens is 5. The molecule has 1 saturated heterocycles. The van der Waals surface area contributed by atoms with Gasteiger partial charge in [0.05, 0.1) is 24.1 Å². The van der Waals surface area contributed by atoms with Crippen LogP contribution in [0.4, 0.5) is 0 Å². The van der Waals surface area contributed by atoms with Crippen molar-refractivity contribution in [1.29, 1.82) is 0 Å². The van der Waals surface area contributed by atoms with Crippen LogP contribution in [0.5, 0.6) is 0 Å². The molecule has 198 valence electrons. The summed E-state index contributed by atoms with van der Waals surface area (Å²) in [4.78, 5) is 32.1. The molecule has 0 spiro atoms. The van der Waals surface area contributed by atoms with Gasteiger partial charge in [-0.1, -0.05) is 29.0 Å². The van der Waals surface area contributed by atoms with Crippen LogP contribution in [-0.2, 0) is 21.3 Å². The number of ether oxygens (including phenoxy) is 1. The van der Waals surface area contributed by atoms with Gasteiger partial charge in [-0.15, -0.1) is 5.10 Å². The Kier molecular flexibility index (Phi) is 6.84. The average molecular weight is 537 g/mol. The SMILES string of the molecule is COC(=O)c1ccc(S(=O)(=O)N2CCC(c3nc4c(nnn4Cc4cc(C)ccc4C)c(=O)[nH]3)CC2)cc1. The van der Waals surface area contributed by atoms with Gasteiger partial charge in [-0.2, -0.15) is 4.31 Å². The van der Waals surface area contributed by atoms with Crippen molar-refractivity contribution in [3.05, 3.63) is 80.9 Å². The molecule has 0 saturated carbocycles. The van der Waals surface area contributed by atoms with Gasteiger partial charge >= 0.3 is 5.97 Å². The molecular weight excluding hydrogens is 508 g/mol. The smallest absolute Gasteiger partial charge is 0.337 e. The zero-order valence-electron chi connectivity index (χ0n) is 21.3. The van der Waals surface area contributed by atoms with Crippen LogP contribution in [-0.4, -0.2) is 63.9 Å². The minimum Gasteiger partial charge on any atom is -0.465 e. The topological polar surface area (TPSA) is 140 Å². The predicted octanol–water partition coefficient (Wildman–Crippen LogP) is 2.53. The molecule has 1 N–H and O–H groups in total. The number of aryl methyl sites for hydroxylation is 2. The standard InChI is InChI=1S/C26H28N6O5S/c1-16-4-5-17(2)20(14-16)15-32-24-22(29-30-32)25(33)28-23(27-24)18-10-12-31(13-11-18)38(35,36)21-8-6-19(7-9-21)26(34)37-3/h4-9,14,18H,10-13,15H2,1-3H3,(H,27,28,33). The maximum atomic E-state index is 13.2. The third-order valence-corrected chi connectivity index (χ3v) is 8.88. The van der Waals surface area contributed by atoms with Crippen LogP contribution >= 0.6 is 0 Å². The van der Waals surface area contributed by atoms with Crippen LogP contribution in [0.25, 0.3) is 11.2 Å².